The van der Waals surface area contributed by atoms with Gasteiger partial charge in [0, 0.05) is 12.2 Å². The standard InChI is InChI=1S/C22H26F2O3/c1-3-5-13-25-14-15-26-20-10-7-17(8-11-20)18-9-12-21(27-22(23)24)19(16-18)6-4-2/h4,6-12,16,22H,3,5,13-15H2,1-2H3/b6-4+. The van der Waals surface area contributed by atoms with Crippen LogP contribution in [0.5, 0.6) is 11.5 Å². The van der Waals surface area contributed by atoms with Crippen LogP contribution in [-0.4, -0.2) is 26.4 Å². The van der Waals surface area contributed by atoms with Gasteiger partial charge in [0.1, 0.15) is 18.1 Å². The monoisotopic (exact) mass is 376 g/mol. The van der Waals surface area contributed by atoms with Crippen molar-refractivity contribution in [2.24, 2.45) is 0 Å². The van der Waals surface area contributed by atoms with Crippen LogP contribution in [0.15, 0.2) is 48.5 Å². The number of hydrogen-bond donors (Lipinski definition) is 0. The summed E-state index contributed by atoms with van der Waals surface area (Å²) in [4.78, 5) is 0. The Morgan fingerprint density at radius 1 is 0.963 bits per heavy atom. The van der Waals surface area contributed by atoms with Gasteiger partial charge in [-0.2, -0.15) is 8.78 Å². The number of unbranched alkanes of at least 4 members (excludes halogenated alkanes) is 1. The molecule has 0 spiro atoms. The molecule has 0 saturated heterocycles. The van der Waals surface area contributed by atoms with Crippen LogP contribution < -0.4 is 9.47 Å². The summed E-state index contributed by atoms with van der Waals surface area (Å²) in [5, 5.41) is 0. The summed E-state index contributed by atoms with van der Waals surface area (Å²) < 4.78 is 40.8. The van der Waals surface area contributed by atoms with E-state index in [1.165, 1.54) is 0 Å². The average Bonchev–Trinajstić information content (AvgIpc) is 2.66. The Morgan fingerprint density at radius 3 is 2.37 bits per heavy atom. The molecule has 0 aliphatic carbocycles. The van der Waals surface area contributed by atoms with Crippen molar-refractivity contribution in [2.45, 2.75) is 33.3 Å². The Balaban J connectivity index is 2.00. The van der Waals surface area contributed by atoms with Crippen LogP contribution in [0.1, 0.15) is 32.3 Å². The van der Waals surface area contributed by atoms with Gasteiger partial charge < -0.3 is 14.2 Å². The first-order valence-electron chi connectivity index (χ1n) is 9.16. The summed E-state index contributed by atoms with van der Waals surface area (Å²) in [5.74, 6) is 0.930. The molecule has 3 nitrogen and oxygen atoms in total. The quantitative estimate of drug-likeness (QED) is 0.438. The van der Waals surface area contributed by atoms with E-state index in [9.17, 15) is 8.78 Å². The summed E-state index contributed by atoms with van der Waals surface area (Å²) >= 11 is 0. The van der Waals surface area contributed by atoms with Crippen molar-refractivity contribution >= 4 is 6.08 Å². The van der Waals surface area contributed by atoms with E-state index in [2.05, 4.69) is 11.7 Å². The normalized spacial score (nSPS) is 11.3. The minimum Gasteiger partial charge on any atom is -0.491 e. The molecular weight excluding hydrogens is 350 g/mol. The van der Waals surface area contributed by atoms with Crippen LogP contribution in [0, 0.1) is 0 Å². The Morgan fingerprint density at radius 2 is 1.70 bits per heavy atom. The van der Waals surface area contributed by atoms with E-state index in [0.717, 1.165) is 36.3 Å². The number of ether oxygens (including phenoxy) is 3. The van der Waals surface area contributed by atoms with Crippen LogP contribution in [0.3, 0.4) is 0 Å². The number of allylic oxidation sites excluding steroid dienone is 1. The molecule has 27 heavy (non-hydrogen) atoms. The van der Waals surface area contributed by atoms with Crippen molar-refractivity contribution in [3.63, 3.8) is 0 Å². The van der Waals surface area contributed by atoms with Gasteiger partial charge in [-0.25, -0.2) is 0 Å². The molecule has 0 unspecified atom stereocenters. The Bertz CT molecular complexity index is 712. The Kier molecular flexibility index (Phi) is 8.78. The molecule has 2 aromatic carbocycles. The van der Waals surface area contributed by atoms with Crippen molar-refractivity contribution in [1.82, 2.24) is 0 Å². The second-order valence-electron chi connectivity index (χ2n) is 5.97. The molecule has 0 amide bonds. The maximum absolute atomic E-state index is 12.5. The Hall–Kier alpha value is -2.40. The largest absolute Gasteiger partial charge is 0.491 e. The van der Waals surface area contributed by atoms with Crippen molar-refractivity contribution in [3.8, 4) is 22.6 Å². The van der Waals surface area contributed by atoms with Crippen molar-refractivity contribution in [1.29, 1.82) is 0 Å². The van der Waals surface area contributed by atoms with Gasteiger partial charge in [-0.3, -0.25) is 0 Å². The SMILES string of the molecule is C/C=C/c1cc(-c2ccc(OCCOCCCC)cc2)ccc1OC(F)F. The average molecular weight is 376 g/mol. The minimum atomic E-state index is -2.85. The lowest BCUT2D eigenvalue weighted by Crippen LogP contribution is -2.07. The van der Waals surface area contributed by atoms with Crippen molar-refractivity contribution in [2.75, 3.05) is 19.8 Å². The molecule has 146 valence electrons. The number of benzene rings is 2. The zero-order chi connectivity index (χ0) is 19.5. The molecule has 0 fully saturated rings. The fraction of sp³-hybridized carbons (Fsp3) is 0.364. The topological polar surface area (TPSA) is 27.7 Å². The maximum Gasteiger partial charge on any atom is 0.387 e. The predicted molar refractivity (Wildman–Crippen MR) is 104 cm³/mol. The summed E-state index contributed by atoms with van der Waals surface area (Å²) in [6.07, 6.45) is 5.71. The highest BCUT2D eigenvalue weighted by atomic mass is 19.3. The van der Waals surface area contributed by atoms with Gasteiger partial charge in [0.05, 0.1) is 6.61 Å². The number of hydrogen-bond acceptors (Lipinski definition) is 3. The van der Waals surface area contributed by atoms with E-state index in [0.29, 0.717) is 18.8 Å². The summed E-state index contributed by atoms with van der Waals surface area (Å²) in [6, 6.07) is 12.8. The molecule has 0 N–H and O–H groups in total. The van der Waals surface area contributed by atoms with Crippen molar-refractivity contribution in [3.05, 3.63) is 54.1 Å². The fourth-order valence-corrected chi connectivity index (χ4v) is 2.55. The van der Waals surface area contributed by atoms with E-state index in [1.807, 2.05) is 37.3 Å². The van der Waals surface area contributed by atoms with Crippen LogP contribution >= 0.6 is 0 Å². The van der Waals surface area contributed by atoms with Gasteiger partial charge >= 0.3 is 6.61 Å². The lowest BCUT2D eigenvalue weighted by Gasteiger charge is -2.11. The molecule has 2 aromatic rings. The van der Waals surface area contributed by atoms with Gasteiger partial charge in [0.25, 0.3) is 0 Å². The van der Waals surface area contributed by atoms with Gasteiger partial charge in [-0.05, 0) is 48.7 Å². The third-order valence-electron chi connectivity index (χ3n) is 3.90. The Labute approximate surface area is 159 Å². The maximum atomic E-state index is 12.5. The lowest BCUT2D eigenvalue weighted by atomic mass is 10.0. The van der Waals surface area contributed by atoms with Crippen molar-refractivity contribution < 1.29 is 23.0 Å². The van der Waals surface area contributed by atoms with Gasteiger partial charge in [0.2, 0.25) is 0 Å². The number of rotatable bonds is 11. The van der Waals surface area contributed by atoms with Crippen LogP contribution in [0.2, 0.25) is 0 Å². The highest BCUT2D eigenvalue weighted by Gasteiger charge is 2.09. The highest BCUT2D eigenvalue weighted by Crippen LogP contribution is 2.29. The first-order valence-corrected chi connectivity index (χ1v) is 9.16. The van der Waals surface area contributed by atoms with Crippen LogP contribution in [0.4, 0.5) is 8.78 Å². The molecule has 0 atom stereocenters. The van der Waals surface area contributed by atoms with E-state index in [-0.39, 0.29) is 5.75 Å². The molecule has 0 heterocycles. The zero-order valence-corrected chi connectivity index (χ0v) is 15.8. The first kappa shape index (κ1) is 20.9. The second-order valence-corrected chi connectivity index (χ2v) is 5.97. The zero-order valence-electron chi connectivity index (χ0n) is 15.8. The molecule has 2 rings (SSSR count). The molecule has 0 saturated carbocycles. The number of halogens is 2. The summed E-state index contributed by atoms with van der Waals surface area (Å²) in [6.45, 7) is 2.95. The van der Waals surface area contributed by atoms with E-state index in [4.69, 9.17) is 9.47 Å². The first-order chi connectivity index (χ1) is 13.1. The summed E-state index contributed by atoms with van der Waals surface area (Å²) in [7, 11) is 0. The number of alkyl halides is 2. The minimum absolute atomic E-state index is 0.162. The third kappa shape index (κ3) is 7.02. The molecule has 0 aromatic heterocycles. The molecule has 0 bridgehead atoms. The summed E-state index contributed by atoms with van der Waals surface area (Å²) in [5.41, 5.74) is 2.50. The second kappa shape index (κ2) is 11.3. The molecule has 0 aliphatic rings. The third-order valence-corrected chi connectivity index (χ3v) is 3.90. The lowest BCUT2D eigenvalue weighted by molar-refractivity contribution is -0.0499. The highest BCUT2D eigenvalue weighted by molar-refractivity contribution is 5.71. The predicted octanol–water partition coefficient (Wildman–Crippen LogP) is 6.18. The molecule has 0 aliphatic heterocycles. The molecular formula is C22H26F2O3. The van der Waals surface area contributed by atoms with Crippen LogP contribution in [0.25, 0.3) is 17.2 Å². The van der Waals surface area contributed by atoms with E-state index in [1.54, 1.807) is 24.3 Å². The smallest absolute Gasteiger partial charge is 0.387 e. The fourth-order valence-electron chi connectivity index (χ4n) is 2.55. The van der Waals surface area contributed by atoms with Crippen LogP contribution in [-0.2, 0) is 4.74 Å². The van der Waals surface area contributed by atoms with E-state index >= 15 is 0 Å². The van der Waals surface area contributed by atoms with Gasteiger partial charge in [0.15, 0.2) is 0 Å². The molecule has 5 heteroatoms. The molecule has 0 radical (unpaired) electrons. The van der Waals surface area contributed by atoms with E-state index < -0.39 is 6.61 Å². The van der Waals surface area contributed by atoms with Gasteiger partial charge in [-0.15, -0.1) is 0 Å². The van der Waals surface area contributed by atoms with Gasteiger partial charge in [-0.1, -0.05) is 43.7 Å².